The zero-order chi connectivity index (χ0) is 18.1. The molecule has 3 heterocycles. The first-order valence-corrected chi connectivity index (χ1v) is 8.86. The summed E-state index contributed by atoms with van der Waals surface area (Å²) in [7, 11) is 1.86. The van der Waals surface area contributed by atoms with Crippen molar-refractivity contribution in [2.24, 2.45) is 0 Å². The largest absolute Gasteiger partial charge is 0.335 e. The van der Waals surface area contributed by atoms with Crippen LogP contribution in [-0.2, 0) is 0 Å². The van der Waals surface area contributed by atoms with Gasteiger partial charge in [-0.2, -0.15) is 0 Å². The molecule has 0 fully saturated rings. The van der Waals surface area contributed by atoms with E-state index in [1.165, 1.54) is 11.3 Å². The highest BCUT2D eigenvalue weighted by Gasteiger charge is 2.31. The topological polar surface area (TPSA) is 87.2 Å². The van der Waals surface area contributed by atoms with Gasteiger partial charge in [0.15, 0.2) is 0 Å². The number of anilines is 2. The number of carbonyl (C=O) groups excluding carboxylic acids is 2. The summed E-state index contributed by atoms with van der Waals surface area (Å²) in [5, 5.41) is 7.53. The van der Waals surface area contributed by atoms with Crippen molar-refractivity contribution in [2.75, 3.05) is 17.3 Å². The Hall–Kier alpha value is -3.26. The number of para-hydroxylation sites is 1. The monoisotopic (exact) mass is 365 g/mol. The molecule has 1 aliphatic rings. The molecule has 0 bridgehead atoms. The quantitative estimate of drug-likeness (QED) is 0.745. The number of amides is 2. The van der Waals surface area contributed by atoms with Gasteiger partial charge in [-0.1, -0.05) is 18.2 Å². The van der Waals surface area contributed by atoms with Gasteiger partial charge in [0.1, 0.15) is 17.7 Å². The average molecular weight is 365 g/mol. The molecule has 7 nitrogen and oxygen atoms in total. The van der Waals surface area contributed by atoms with Crippen LogP contribution in [0.5, 0.6) is 0 Å². The smallest absolute Gasteiger partial charge is 0.275 e. The Morgan fingerprint density at radius 1 is 1.23 bits per heavy atom. The molecule has 0 aliphatic carbocycles. The molecular weight excluding hydrogens is 350 g/mol. The number of hydrogen-bond donors (Lipinski definition) is 2. The summed E-state index contributed by atoms with van der Waals surface area (Å²) in [5.41, 5.74) is 3.87. The second kappa shape index (κ2) is 6.57. The summed E-state index contributed by atoms with van der Waals surface area (Å²) >= 11 is 1.36. The molecule has 0 saturated heterocycles. The fourth-order valence-corrected chi connectivity index (χ4v) is 3.46. The number of carbonyl (C=O) groups is 2. The standard InChI is InChI=1S/C18H15N5O2S/c1-23-15-12(6-4-8-19-15)17(24)22-16(23)11-5-2-3-7-13(11)21-18(25)14-9-26-10-20-14/h2-10,16H,1H3,(H,21,25)(H,22,24)/t16-/m1/s1. The van der Waals surface area contributed by atoms with Gasteiger partial charge in [0, 0.05) is 29.9 Å². The van der Waals surface area contributed by atoms with E-state index in [1.807, 2.05) is 30.1 Å². The van der Waals surface area contributed by atoms with Crippen molar-refractivity contribution in [3.05, 3.63) is 70.3 Å². The van der Waals surface area contributed by atoms with Crippen LogP contribution in [-0.4, -0.2) is 28.8 Å². The number of fused-ring (bicyclic) bond motifs is 1. The molecule has 1 atom stereocenters. The summed E-state index contributed by atoms with van der Waals surface area (Å²) < 4.78 is 0. The number of pyridine rings is 1. The highest BCUT2D eigenvalue weighted by molar-refractivity contribution is 7.07. The lowest BCUT2D eigenvalue weighted by atomic mass is 10.0. The second-order valence-corrected chi connectivity index (χ2v) is 6.50. The van der Waals surface area contributed by atoms with Crippen LogP contribution in [0.2, 0.25) is 0 Å². The normalized spacial score (nSPS) is 16.0. The van der Waals surface area contributed by atoms with Gasteiger partial charge in [-0.15, -0.1) is 11.3 Å². The molecular formula is C18H15N5O2S. The van der Waals surface area contributed by atoms with Crippen molar-refractivity contribution in [1.82, 2.24) is 15.3 Å². The molecule has 2 aromatic heterocycles. The predicted octanol–water partition coefficient (Wildman–Crippen LogP) is 2.67. The minimum atomic E-state index is -0.447. The maximum absolute atomic E-state index is 12.5. The van der Waals surface area contributed by atoms with Crippen molar-refractivity contribution in [3.63, 3.8) is 0 Å². The molecule has 3 aromatic rings. The summed E-state index contributed by atoms with van der Waals surface area (Å²) in [6, 6.07) is 10.8. The molecule has 1 aliphatic heterocycles. The number of aromatic nitrogens is 2. The van der Waals surface area contributed by atoms with Crippen molar-refractivity contribution >= 4 is 34.7 Å². The molecule has 0 unspecified atom stereocenters. The summed E-state index contributed by atoms with van der Waals surface area (Å²) in [4.78, 5) is 35.1. The van der Waals surface area contributed by atoms with E-state index in [0.29, 0.717) is 22.8 Å². The molecule has 2 N–H and O–H groups in total. The third-order valence-corrected chi connectivity index (χ3v) is 4.78. The molecule has 2 amide bonds. The Bertz CT molecular complexity index is 973. The van der Waals surface area contributed by atoms with Crippen molar-refractivity contribution in [3.8, 4) is 0 Å². The molecule has 0 saturated carbocycles. The third-order valence-electron chi connectivity index (χ3n) is 4.19. The van der Waals surface area contributed by atoms with Crippen LogP contribution < -0.4 is 15.5 Å². The molecule has 8 heteroatoms. The maximum Gasteiger partial charge on any atom is 0.275 e. The van der Waals surface area contributed by atoms with Gasteiger partial charge in [0.25, 0.3) is 11.8 Å². The minimum Gasteiger partial charge on any atom is -0.335 e. The lowest BCUT2D eigenvalue weighted by Crippen LogP contribution is -2.45. The van der Waals surface area contributed by atoms with Crippen LogP contribution in [0.3, 0.4) is 0 Å². The predicted molar refractivity (Wildman–Crippen MR) is 99.4 cm³/mol. The summed E-state index contributed by atoms with van der Waals surface area (Å²) in [5.74, 6) is 0.112. The Labute approximate surface area is 153 Å². The number of rotatable bonds is 3. The first-order chi connectivity index (χ1) is 12.6. The van der Waals surface area contributed by atoms with Crippen LogP contribution >= 0.6 is 11.3 Å². The van der Waals surface area contributed by atoms with Crippen LogP contribution in [0.15, 0.2) is 53.5 Å². The molecule has 0 radical (unpaired) electrons. The number of thiazole rings is 1. The van der Waals surface area contributed by atoms with Gasteiger partial charge in [-0.25, -0.2) is 9.97 Å². The van der Waals surface area contributed by atoms with E-state index >= 15 is 0 Å². The molecule has 0 spiro atoms. The van der Waals surface area contributed by atoms with Gasteiger partial charge >= 0.3 is 0 Å². The zero-order valence-electron chi connectivity index (χ0n) is 13.8. The van der Waals surface area contributed by atoms with Crippen molar-refractivity contribution in [1.29, 1.82) is 0 Å². The van der Waals surface area contributed by atoms with E-state index in [-0.39, 0.29) is 11.8 Å². The van der Waals surface area contributed by atoms with Gasteiger partial charge in [-0.3, -0.25) is 9.59 Å². The van der Waals surface area contributed by atoms with Gasteiger partial charge in [-0.05, 0) is 18.2 Å². The Balaban J connectivity index is 1.69. The first-order valence-electron chi connectivity index (χ1n) is 7.92. The number of hydrogen-bond acceptors (Lipinski definition) is 6. The molecule has 130 valence electrons. The number of benzene rings is 1. The summed E-state index contributed by atoms with van der Waals surface area (Å²) in [6.45, 7) is 0. The maximum atomic E-state index is 12.5. The third kappa shape index (κ3) is 2.80. The Morgan fingerprint density at radius 2 is 2.08 bits per heavy atom. The Kier molecular flexibility index (Phi) is 4.10. The van der Waals surface area contributed by atoms with Gasteiger partial charge in [0.2, 0.25) is 0 Å². The second-order valence-electron chi connectivity index (χ2n) is 5.78. The van der Waals surface area contributed by atoms with E-state index in [1.54, 1.807) is 35.3 Å². The van der Waals surface area contributed by atoms with Crippen LogP contribution in [0.4, 0.5) is 11.5 Å². The Morgan fingerprint density at radius 3 is 2.88 bits per heavy atom. The lowest BCUT2D eigenvalue weighted by Gasteiger charge is -2.36. The van der Waals surface area contributed by atoms with E-state index in [4.69, 9.17) is 0 Å². The van der Waals surface area contributed by atoms with Crippen molar-refractivity contribution < 1.29 is 9.59 Å². The molecule has 26 heavy (non-hydrogen) atoms. The van der Waals surface area contributed by atoms with Crippen LogP contribution in [0, 0.1) is 0 Å². The van der Waals surface area contributed by atoms with Gasteiger partial charge in [0.05, 0.1) is 11.1 Å². The SMILES string of the molecule is CN1c2ncccc2C(=O)N[C@H]1c1ccccc1NC(=O)c1cscn1. The molecule has 1 aromatic carbocycles. The average Bonchev–Trinajstić information content (AvgIpc) is 3.20. The molecule has 4 rings (SSSR count). The fourth-order valence-electron chi connectivity index (χ4n) is 2.92. The minimum absolute atomic E-state index is 0.197. The fraction of sp³-hybridized carbons (Fsp3) is 0.111. The van der Waals surface area contributed by atoms with Gasteiger partial charge < -0.3 is 15.5 Å². The van der Waals surface area contributed by atoms with E-state index in [0.717, 1.165) is 5.56 Å². The number of nitrogens with zero attached hydrogens (tertiary/aromatic N) is 3. The van der Waals surface area contributed by atoms with E-state index in [9.17, 15) is 9.59 Å². The lowest BCUT2D eigenvalue weighted by molar-refractivity contribution is 0.0927. The highest BCUT2D eigenvalue weighted by Crippen LogP contribution is 2.33. The van der Waals surface area contributed by atoms with Crippen molar-refractivity contribution in [2.45, 2.75) is 6.17 Å². The highest BCUT2D eigenvalue weighted by atomic mass is 32.1. The van der Waals surface area contributed by atoms with E-state index < -0.39 is 6.17 Å². The number of nitrogens with one attached hydrogen (secondary N) is 2. The zero-order valence-corrected chi connectivity index (χ0v) is 14.7. The summed E-state index contributed by atoms with van der Waals surface area (Å²) in [6.07, 6.45) is 1.21. The van der Waals surface area contributed by atoms with Crippen LogP contribution in [0.1, 0.15) is 32.6 Å². The van der Waals surface area contributed by atoms with E-state index in [2.05, 4.69) is 20.6 Å². The van der Waals surface area contributed by atoms with Crippen LogP contribution in [0.25, 0.3) is 0 Å². The first kappa shape index (κ1) is 16.2.